The van der Waals surface area contributed by atoms with Gasteiger partial charge in [0.05, 0.1) is 6.61 Å². The average Bonchev–Trinajstić information content (AvgIpc) is 2.89. The van der Waals surface area contributed by atoms with Crippen molar-refractivity contribution in [3.05, 3.63) is 47.7 Å². The maximum Gasteiger partial charge on any atom is 0.194 e. The molecule has 0 saturated heterocycles. The average molecular weight is 268 g/mol. The number of nitriles is 1. The number of aromatic nitrogens is 2. The lowest BCUT2D eigenvalue weighted by Gasteiger charge is -2.01. The highest BCUT2D eigenvalue weighted by Crippen LogP contribution is 2.15. The highest BCUT2D eigenvalue weighted by atomic mass is 16.5. The molecule has 0 atom stereocenters. The van der Waals surface area contributed by atoms with Crippen molar-refractivity contribution in [3.8, 4) is 6.07 Å². The van der Waals surface area contributed by atoms with Crippen molar-refractivity contribution in [3.63, 3.8) is 0 Å². The van der Waals surface area contributed by atoms with Crippen LogP contribution in [-0.4, -0.2) is 22.8 Å². The van der Waals surface area contributed by atoms with Gasteiger partial charge < -0.3 is 4.74 Å². The van der Waals surface area contributed by atoms with Crippen LogP contribution < -0.4 is 0 Å². The van der Waals surface area contributed by atoms with Gasteiger partial charge in [0.1, 0.15) is 11.6 Å². The van der Waals surface area contributed by atoms with E-state index in [1.165, 1.54) is 12.0 Å². The van der Waals surface area contributed by atoms with E-state index in [9.17, 15) is 0 Å². The zero-order chi connectivity index (χ0) is 14.2. The van der Waals surface area contributed by atoms with E-state index in [0.717, 1.165) is 6.42 Å². The summed E-state index contributed by atoms with van der Waals surface area (Å²) < 4.78 is 6.77. The fourth-order valence-corrected chi connectivity index (χ4v) is 1.75. The number of nitrogens with zero attached hydrogens (tertiary/aromatic N) is 4. The molecule has 0 aliphatic carbocycles. The van der Waals surface area contributed by atoms with E-state index in [1.807, 2.05) is 25.1 Å². The van der Waals surface area contributed by atoms with Crippen LogP contribution in [0.5, 0.6) is 0 Å². The molecular weight excluding hydrogens is 252 g/mol. The first kappa shape index (κ1) is 13.8. The van der Waals surface area contributed by atoms with E-state index in [4.69, 9.17) is 10.00 Å². The van der Waals surface area contributed by atoms with Crippen LogP contribution in [0.2, 0.25) is 0 Å². The van der Waals surface area contributed by atoms with Crippen molar-refractivity contribution >= 4 is 12.2 Å². The van der Waals surface area contributed by atoms with Gasteiger partial charge in [-0.25, -0.2) is 0 Å². The summed E-state index contributed by atoms with van der Waals surface area (Å²) in [4.78, 5) is 4.04. The van der Waals surface area contributed by atoms with Crippen molar-refractivity contribution < 1.29 is 4.74 Å². The van der Waals surface area contributed by atoms with E-state index in [0.29, 0.717) is 24.5 Å². The molecule has 1 aromatic heterocycles. The maximum atomic E-state index is 9.06. The summed E-state index contributed by atoms with van der Waals surface area (Å²) in [5.74, 6) is 0.397. The minimum atomic E-state index is 0.397. The molecule has 1 heterocycles. The summed E-state index contributed by atoms with van der Waals surface area (Å²) in [7, 11) is 0. The van der Waals surface area contributed by atoms with Crippen LogP contribution in [0.4, 0.5) is 5.82 Å². The second-order valence-electron chi connectivity index (χ2n) is 4.17. The fourth-order valence-electron chi connectivity index (χ4n) is 1.75. The van der Waals surface area contributed by atoms with Crippen LogP contribution in [0.1, 0.15) is 18.1 Å². The Morgan fingerprint density at radius 3 is 2.90 bits per heavy atom. The fraction of sp³-hybridized carbons (Fsp3) is 0.267. The third-order valence-corrected chi connectivity index (χ3v) is 2.75. The molecule has 0 aliphatic heterocycles. The first-order valence-corrected chi connectivity index (χ1v) is 6.49. The van der Waals surface area contributed by atoms with Crippen LogP contribution >= 0.6 is 0 Å². The standard InChI is InChI=1S/C15H16N4O/c1-2-20-12-17-15-14(10-16)11-19(18-15)9-8-13-6-4-3-5-7-13/h3-7,11-12H,2,8-9H2,1H3. The molecule has 0 fully saturated rings. The number of aryl methyl sites for hydroxylation is 2. The van der Waals surface area contributed by atoms with Crippen LogP contribution in [-0.2, 0) is 17.7 Å². The minimum absolute atomic E-state index is 0.397. The highest BCUT2D eigenvalue weighted by Gasteiger charge is 2.07. The van der Waals surface area contributed by atoms with Gasteiger partial charge in [-0.1, -0.05) is 30.3 Å². The first-order valence-electron chi connectivity index (χ1n) is 6.49. The highest BCUT2D eigenvalue weighted by molar-refractivity contribution is 5.57. The summed E-state index contributed by atoms with van der Waals surface area (Å²) >= 11 is 0. The summed E-state index contributed by atoms with van der Waals surface area (Å²) in [6.07, 6.45) is 3.90. The first-order chi connectivity index (χ1) is 9.83. The lowest BCUT2D eigenvalue weighted by Crippen LogP contribution is -2.01. The van der Waals surface area contributed by atoms with E-state index < -0.39 is 0 Å². The van der Waals surface area contributed by atoms with Crippen molar-refractivity contribution in [1.82, 2.24) is 9.78 Å². The molecular formula is C15H16N4O. The topological polar surface area (TPSA) is 63.2 Å². The predicted octanol–water partition coefficient (Wildman–Crippen LogP) is 2.69. The number of ether oxygens (including phenoxy) is 1. The summed E-state index contributed by atoms with van der Waals surface area (Å²) in [5, 5.41) is 13.3. The van der Waals surface area contributed by atoms with Gasteiger partial charge in [0.15, 0.2) is 12.2 Å². The third kappa shape index (κ3) is 3.69. The normalized spacial score (nSPS) is 10.6. The van der Waals surface area contributed by atoms with E-state index in [1.54, 1.807) is 10.9 Å². The molecule has 0 spiro atoms. The van der Waals surface area contributed by atoms with Gasteiger partial charge in [-0.15, -0.1) is 0 Å². The Labute approximate surface area is 118 Å². The quantitative estimate of drug-likeness (QED) is 0.597. The van der Waals surface area contributed by atoms with Crippen LogP contribution in [0.3, 0.4) is 0 Å². The molecule has 0 saturated carbocycles. The molecule has 0 amide bonds. The molecule has 5 nitrogen and oxygen atoms in total. The molecule has 102 valence electrons. The van der Waals surface area contributed by atoms with Gasteiger partial charge in [0.25, 0.3) is 0 Å². The molecule has 2 rings (SSSR count). The SMILES string of the molecule is CCOC=Nc1nn(CCc2ccccc2)cc1C#N. The van der Waals surface area contributed by atoms with Crippen LogP contribution in [0.15, 0.2) is 41.5 Å². The number of hydrogen-bond acceptors (Lipinski definition) is 4. The van der Waals surface area contributed by atoms with Crippen molar-refractivity contribution in [2.24, 2.45) is 4.99 Å². The number of hydrogen-bond donors (Lipinski definition) is 0. The van der Waals surface area contributed by atoms with E-state index >= 15 is 0 Å². The summed E-state index contributed by atoms with van der Waals surface area (Å²) in [5.41, 5.74) is 1.69. The van der Waals surface area contributed by atoms with Crippen molar-refractivity contribution in [1.29, 1.82) is 5.26 Å². The molecule has 20 heavy (non-hydrogen) atoms. The molecule has 0 N–H and O–H groups in total. The summed E-state index contributed by atoms with van der Waals surface area (Å²) in [6.45, 7) is 3.12. The van der Waals surface area contributed by atoms with E-state index in [-0.39, 0.29) is 0 Å². The number of rotatable bonds is 6. The smallest absolute Gasteiger partial charge is 0.194 e. The Kier molecular flexibility index (Phi) is 4.90. The monoisotopic (exact) mass is 268 g/mol. The minimum Gasteiger partial charge on any atom is -0.483 e. The van der Waals surface area contributed by atoms with Crippen LogP contribution in [0.25, 0.3) is 0 Å². The Hall–Kier alpha value is -2.61. The molecule has 0 unspecified atom stereocenters. The number of aliphatic imine (C=N–C) groups is 1. The van der Waals surface area contributed by atoms with Gasteiger partial charge in [-0.2, -0.15) is 15.4 Å². The van der Waals surface area contributed by atoms with Crippen molar-refractivity contribution in [2.45, 2.75) is 19.9 Å². The predicted molar refractivity (Wildman–Crippen MR) is 76.9 cm³/mol. The molecule has 5 heteroatoms. The molecule has 1 aromatic carbocycles. The molecule has 0 radical (unpaired) electrons. The maximum absolute atomic E-state index is 9.06. The Bertz CT molecular complexity index is 611. The molecule has 0 aliphatic rings. The van der Waals surface area contributed by atoms with Gasteiger partial charge in [-0.05, 0) is 18.9 Å². The number of benzene rings is 1. The van der Waals surface area contributed by atoms with Gasteiger partial charge in [0.2, 0.25) is 0 Å². The Balaban J connectivity index is 2.04. The molecule has 0 bridgehead atoms. The Morgan fingerprint density at radius 1 is 1.40 bits per heavy atom. The second-order valence-corrected chi connectivity index (χ2v) is 4.17. The second kappa shape index (κ2) is 7.10. The Morgan fingerprint density at radius 2 is 2.20 bits per heavy atom. The van der Waals surface area contributed by atoms with Gasteiger partial charge in [0, 0.05) is 12.7 Å². The summed E-state index contributed by atoms with van der Waals surface area (Å²) in [6, 6.07) is 12.2. The zero-order valence-electron chi connectivity index (χ0n) is 11.4. The van der Waals surface area contributed by atoms with E-state index in [2.05, 4.69) is 28.3 Å². The van der Waals surface area contributed by atoms with Crippen LogP contribution in [0, 0.1) is 11.3 Å². The zero-order valence-corrected chi connectivity index (χ0v) is 11.4. The largest absolute Gasteiger partial charge is 0.483 e. The molecule has 2 aromatic rings. The lowest BCUT2D eigenvalue weighted by atomic mass is 10.1. The lowest BCUT2D eigenvalue weighted by molar-refractivity contribution is 0.344. The van der Waals surface area contributed by atoms with Gasteiger partial charge >= 0.3 is 0 Å². The van der Waals surface area contributed by atoms with Crippen molar-refractivity contribution in [2.75, 3.05) is 6.61 Å². The van der Waals surface area contributed by atoms with Gasteiger partial charge in [-0.3, -0.25) is 4.68 Å². The third-order valence-electron chi connectivity index (χ3n) is 2.75.